The number of hydrogen-bond acceptors (Lipinski definition) is 3. The predicted octanol–water partition coefficient (Wildman–Crippen LogP) is 3.64. The Morgan fingerprint density at radius 1 is 1.33 bits per heavy atom. The first kappa shape index (κ1) is 15.0. The highest BCUT2D eigenvalue weighted by Gasteiger charge is 2.14. The molecule has 0 fully saturated rings. The molecule has 0 atom stereocenters. The van der Waals surface area contributed by atoms with Crippen molar-refractivity contribution in [2.24, 2.45) is 0 Å². The van der Waals surface area contributed by atoms with Crippen LogP contribution in [0.3, 0.4) is 0 Å². The third kappa shape index (κ3) is 3.37. The summed E-state index contributed by atoms with van der Waals surface area (Å²) >= 11 is 0. The first-order valence-electron chi connectivity index (χ1n) is 6.75. The summed E-state index contributed by atoms with van der Waals surface area (Å²) < 4.78 is 13.8. The first-order valence-corrected chi connectivity index (χ1v) is 6.75. The molecule has 21 heavy (non-hydrogen) atoms. The number of nitrogens with zero attached hydrogens (tertiary/aromatic N) is 2. The standard InChI is InChI=1S/C16H17FN2O2/c1-3-6-12-9-11(16(20)21)10-15(18-12)19(2)14-8-5-4-7-13(14)17/h4-5,7-10H,3,6H2,1-2H3,(H,20,21). The molecule has 1 aromatic heterocycles. The van der Waals surface area contributed by atoms with E-state index in [-0.39, 0.29) is 11.4 Å². The monoisotopic (exact) mass is 288 g/mol. The van der Waals surface area contributed by atoms with E-state index in [9.17, 15) is 14.3 Å². The van der Waals surface area contributed by atoms with Crippen LogP contribution in [0.4, 0.5) is 15.9 Å². The van der Waals surface area contributed by atoms with Gasteiger partial charge in [0, 0.05) is 12.7 Å². The number of benzene rings is 1. The Morgan fingerprint density at radius 2 is 2.05 bits per heavy atom. The molecule has 0 amide bonds. The summed E-state index contributed by atoms with van der Waals surface area (Å²) in [4.78, 5) is 17.2. The van der Waals surface area contributed by atoms with Crippen molar-refractivity contribution in [2.45, 2.75) is 19.8 Å². The third-order valence-corrected chi connectivity index (χ3v) is 3.18. The minimum Gasteiger partial charge on any atom is -0.478 e. The van der Waals surface area contributed by atoms with Crippen LogP contribution in [0.1, 0.15) is 29.4 Å². The van der Waals surface area contributed by atoms with E-state index < -0.39 is 5.97 Å². The van der Waals surface area contributed by atoms with Crippen LogP contribution in [0.15, 0.2) is 36.4 Å². The maximum Gasteiger partial charge on any atom is 0.335 e. The van der Waals surface area contributed by atoms with E-state index in [4.69, 9.17) is 0 Å². The largest absolute Gasteiger partial charge is 0.478 e. The van der Waals surface area contributed by atoms with Crippen LogP contribution in [0, 0.1) is 5.82 Å². The molecule has 0 bridgehead atoms. The molecule has 1 heterocycles. The highest BCUT2D eigenvalue weighted by molar-refractivity contribution is 5.89. The number of aromatic carboxylic acids is 1. The number of aromatic nitrogens is 1. The molecular weight excluding hydrogens is 271 g/mol. The molecule has 2 rings (SSSR count). The van der Waals surface area contributed by atoms with Crippen LogP contribution in [-0.4, -0.2) is 23.1 Å². The van der Waals surface area contributed by atoms with Gasteiger partial charge in [-0.2, -0.15) is 0 Å². The lowest BCUT2D eigenvalue weighted by molar-refractivity contribution is 0.0696. The summed E-state index contributed by atoms with van der Waals surface area (Å²) in [6.45, 7) is 2.00. The fourth-order valence-electron chi connectivity index (χ4n) is 2.10. The lowest BCUT2D eigenvalue weighted by Gasteiger charge is -2.20. The Bertz CT molecular complexity index is 658. The first-order chi connectivity index (χ1) is 10.0. The van der Waals surface area contributed by atoms with E-state index >= 15 is 0 Å². The molecular formula is C16H17FN2O2. The predicted molar refractivity (Wildman–Crippen MR) is 79.7 cm³/mol. The molecule has 2 aromatic rings. The molecule has 0 unspecified atom stereocenters. The van der Waals surface area contributed by atoms with Gasteiger partial charge >= 0.3 is 5.97 Å². The number of anilines is 2. The number of carboxylic acids is 1. The second-order valence-corrected chi connectivity index (χ2v) is 4.77. The average Bonchev–Trinajstić information content (AvgIpc) is 2.47. The minimum absolute atomic E-state index is 0.159. The molecule has 4 nitrogen and oxygen atoms in total. The second-order valence-electron chi connectivity index (χ2n) is 4.77. The van der Waals surface area contributed by atoms with Crippen LogP contribution in [0.5, 0.6) is 0 Å². The Balaban J connectivity index is 2.47. The smallest absolute Gasteiger partial charge is 0.335 e. The van der Waals surface area contributed by atoms with Crippen LogP contribution in [0.2, 0.25) is 0 Å². The van der Waals surface area contributed by atoms with Crippen LogP contribution < -0.4 is 4.90 Å². The highest BCUT2D eigenvalue weighted by Crippen LogP contribution is 2.25. The number of pyridine rings is 1. The van der Waals surface area contributed by atoms with E-state index in [0.29, 0.717) is 23.6 Å². The zero-order chi connectivity index (χ0) is 15.4. The van der Waals surface area contributed by atoms with Gasteiger partial charge in [-0.3, -0.25) is 0 Å². The minimum atomic E-state index is -1.02. The maximum atomic E-state index is 13.8. The van der Waals surface area contributed by atoms with Crippen molar-refractivity contribution in [3.8, 4) is 0 Å². The van der Waals surface area contributed by atoms with Crippen molar-refractivity contribution in [1.29, 1.82) is 0 Å². The fraction of sp³-hybridized carbons (Fsp3) is 0.250. The van der Waals surface area contributed by atoms with Crippen molar-refractivity contribution in [3.63, 3.8) is 0 Å². The van der Waals surface area contributed by atoms with Crippen molar-refractivity contribution in [2.75, 3.05) is 11.9 Å². The number of para-hydroxylation sites is 1. The number of rotatable bonds is 5. The summed E-state index contributed by atoms with van der Waals surface area (Å²) in [6, 6.07) is 9.33. The lowest BCUT2D eigenvalue weighted by atomic mass is 10.1. The number of halogens is 1. The topological polar surface area (TPSA) is 53.4 Å². The molecule has 110 valence electrons. The van der Waals surface area contributed by atoms with E-state index in [1.165, 1.54) is 12.1 Å². The van der Waals surface area contributed by atoms with Gasteiger partial charge in [0.2, 0.25) is 0 Å². The molecule has 0 saturated heterocycles. The normalized spacial score (nSPS) is 10.4. The van der Waals surface area contributed by atoms with Gasteiger partial charge in [-0.25, -0.2) is 14.2 Å². The van der Waals surface area contributed by atoms with E-state index in [1.54, 1.807) is 36.2 Å². The number of carboxylic acid groups (broad SMARTS) is 1. The average molecular weight is 288 g/mol. The molecule has 0 radical (unpaired) electrons. The Morgan fingerprint density at radius 3 is 2.67 bits per heavy atom. The second kappa shape index (κ2) is 6.35. The van der Waals surface area contributed by atoms with Crippen molar-refractivity contribution in [3.05, 3.63) is 53.5 Å². The molecule has 0 spiro atoms. The van der Waals surface area contributed by atoms with E-state index in [0.717, 1.165) is 6.42 Å². The number of carbonyl (C=O) groups is 1. The maximum absolute atomic E-state index is 13.8. The molecule has 0 aliphatic carbocycles. The zero-order valence-electron chi connectivity index (χ0n) is 12.0. The van der Waals surface area contributed by atoms with Gasteiger partial charge < -0.3 is 10.0 Å². The van der Waals surface area contributed by atoms with Gasteiger partial charge in [0.05, 0.1) is 11.3 Å². The zero-order valence-corrected chi connectivity index (χ0v) is 12.0. The van der Waals surface area contributed by atoms with E-state index in [1.807, 2.05) is 6.92 Å². The number of aryl methyl sites for hydroxylation is 1. The lowest BCUT2D eigenvalue weighted by Crippen LogP contribution is -2.15. The van der Waals surface area contributed by atoms with Gasteiger partial charge in [0.25, 0.3) is 0 Å². The number of hydrogen-bond donors (Lipinski definition) is 1. The van der Waals surface area contributed by atoms with Crippen molar-refractivity contribution < 1.29 is 14.3 Å². The Hall–Kier alpha value is -2.43. The molecule has 0 saturated carbocycles. The Kier molecular flexibility index (Phi) is 4.52. The summed E-state index contributed by atoms with van der Waals surface area (Å²) in [7, 11) is 1.67. The van der Waals surface area contributed by atoms with Gasteiger partial charge in [0.1, 0.15) is 11.6 Å². The molecule has 0 aliphatic heterocycles. The van der Waals surface area contributed by atoms with Gasteiger partial charge in [-0.05, 0) is 30.7 Å². The van der Waals surface area contributed by atoms with Crippen LogP contribution in [0.25, 0.3) is 0 Å². The highest BCUT2D eigenvalue weighted by atomic mass is 19.1. The summed E-state index contributed by atoms with van der Waals surface area (Å²) in [5.41, 5.74) is 1.21. The van der Waals surface area contributed by atoms with Crippen molar-refractivity contribution >= 4 is 17.5 Å². The van der Waals surface area contributed by atoms with Gasteiger partial charge in [0.15, 0.2) is 0 Å². The Labute approximate surface area is 122 Å². The van der Waals surface area contributed by atoms with Crippen LogP contribution in [-0.2, 0) is 6.42 Å². The summed E-state index contributed by atoms with van der Waals surface area (Å²) in [5, 5.41) is 9.19. The molecule has 5 heteroatoms. The summed E-state index contributed by atoms with van der Waals surface area (Å²) in [5.74, 6) is -0.971. The fourth-order valence-corrected chi connectivity index (χ4v) is 2.10. The quantitative estimate of drug-likeness (QED) is 0.912. The van der Waals surface area contributed by atoms with Crippen LogP contribution >= 0.6 is 0 Å². The van der Waals surface area contributed by atoms with Gasteiger partial charge in [-0.1, -0.05) is 25.5 Å². The van der Waals surface area contributed by atoms with Gasteiger partial charge in [-0.15, -0.1) is 0 Å². The molecule has 0 aliphatic rings. The molecule has 1 aromatic carbocycles. The SMILES string of the molecule is CCCc1cc(C(=O)O)cc(N(C)c2ccccc2F)n1. The molecule has 1 N–H and O–H groups in total. The van der Waals surface area contributed by atoms with Crippen molar-refractivity contribution in [1.82, 2.24) is 4.98 Å². The van der Waals surface area contributed by atoms with E-state index in [2.05, 4.69) is 4.98 Å². The third-order valence-electron chi connectivity index (χ3n) is 3.18. The summed E-state index contributed by atoms with van der Waals surface area (Å²) in [6.07, 6.45) is 1.54.